The van der Waals surface area contributed by atoms with Crippen LogP contribution in [-0.2, 0) is 0 Å². The summed E-state index contributed by atoms with van der Waals surface area (Å²) >= 11 is 0. The van der Waals surface area contributed by atoms with Crippen molar-refractivity contribution < 1.29 is 9.90 Å². The van der Waals surface area contributed by atoms with Crippen LogP contribution in [0, 0.1) is 6.92 Å². The summed E-state index contributed by atoms with van der Waals surface area (Å²) in [6.07, 6.45) is 3.35. The molecule has 0 unspecified atom stereocenters. The van der Waals surface area contributed by atoms with E-state index in [2.05, 4.69) is 22.2 Å². The zero-order chi connectivity index (χ0) is 11.8. The minimum atomic E-state index is -1.02. The first kappa shape index (κ1) is 10.9. The number of anilines is 1. The van der Waals surface area contributed by atoms with E-state index in [0.717, 1.165) is 12.8 Å². The van der Waals surface area contributed by atoms with Gasteiger partial charge in [-0.05, 0) is 39.2 Å². The van der Waals surface area contributed by atoms with Crippen LogP contribution in [0.3, 0.4) is 0 Å². The van der Waals surface area contributed by atoms with Gasteiger partial charge in [0.05, 0.1) is 0 Å². The Balaban J connectivity index is 2.23. The highest BCUT2D eigenvalue weighted by atomic mass is 16.4. The molecule has 1 aliphatic carbocycles. The molecule has 2 rings (SSSR count). The van der Waals surface area contributed by atoms with E-state index in [0.29, 0.717) is 11.6 Å². The molecular weight excluding hydrogens is 206 g/mol. The molecular formula is C11H15N3O2. The Bertz CT molecular complexity index is 427. The van der Waals surface area contributed by atoms with Gasteiger partial charge < -0.3 is 10.4 Å². The zero-order valence-electron chi connectivity index (χ0n) is 9.45. The molecule has 5 heteroatoms. The molecule has 5 nitrogen and oxygen atoms in total. The van der Waals surface area contributed by atoms with Gasteiger partial charge in [-0.15, -0.1) is 0 Å². The fourth-order valence-electron chi connectivity index (χ4n) is 1.84. The summed E-state index contributed by atoms with van der Waals surface area (Å²) in [6.45, 7) is 3.87. The van der Waals surface area contributed by atoms with Crippen molar-refractivity contribution >= 4 is 11.9 Å². The van der Waals surface area contributed by atoms with Crippen LogP contribution >= 0.6 is 0 Å². The van der Waals surface area contributed by atoms with E-state index in [4.69, 9.17) is 5.11 Å². The normalized spacial score (nSPS) is 17.6. The van der Waals surface area contributed by atoms with Gasteiger partial charge in [0, 0.05) is 11.2 Å². The molecule has 0 amide bonds. The lowest BCUT2D eigenvalue weighted by molar-refractivity contribution is 0.0690. The van der Waals surface area contributed by atoms with Crippen LogP contribution in [-0.4, -0.2) is 26.6 Å². The number of carbonyl (C=O) groups is 1. The molecule has 0 atom stereocenters. The highest BCUT2D eigenvalue weighted by molar-refractivity contribution is 5.85. The van der Waals surface area contributed by atoms with Crippen molar-refractivity contribution in [2.75, 3.05) is 5.32 Å². The molecule has 0 bridgehead atoms. The summed E-state index contributed by atoms with van der Waals surface area (Å²) < 4.78 is 0. The second kappa shape index (κ2) is 3.73. The summed E-state index contributed by atoms with van der Waals surface area (Å²) in [5.41, 5.74) is 0.736. The van der Waals surface area contributed by atoms with Gasteiger partial charge in [0.15, 0.2) is 5.69 Å². The summed E-state index contributed by atoms with van der Waals surface area (Å²) in [7, 11) is 0. The molecule has 1 heterocycles. The molecule has 1 saturated carbocycles. The average Bonchev–Trinajstić information content (AvgIpc) is 2.14. The number of carboxylic acid groups (broad SMARTS) is 1. The van der Waals surface area contributed by atoms with E-state index in [9.17, 15) is 4.79 Å². The van der Waals surface area contributed by atoms with Gasteiger partial charge in [-0.3, -0.25) is 0 Å². The van der Waals surface area contributed by atoms with E-state index >= 15 is 0 Å². The lowest BCUT2D eigenvalue weighted by Gasteiger charge is -2.39. The van der Waals surface area contributed by atoms with Crippen molar-refractivity contribution in [3.05, 3.63) is 17.5 Å². The molecule has 1 aliphatic rings. The van der Waals surface area contributed by atoms with Gasteiger partial charge in [-0.1, -0.05) is 0 Å². The van der Waals surface area contributed by atoms with Crippen molar-refractivity contribution in [1.29, 1.82) is 0 Å². The Hall–Kier alpha value is -1.65. The third-order valence-electron chi connectivity index (χ3n) is 2.94. The maximum absolute atomic E-state index is 10.8. The maximum atomic E-state index is 10.8. The number of hydrogen-bond acceptors (Lipinski definition) is 4. The quantitative estimate of drug-likeness (QED) is 0.814. The molecule has 0 spiro atoms. The largest absolute Gasteiger partial charge is 0.477 e. The molecule has 2 N–H and O–H groups in total. The Morgan fingerprint density at radius 2 is 2.19 bits per heavy atom. The van der Waals surface area contributed by atoms with Crippen LogP contribution in [0.15, 0.2) is 6.07 Å². The standard InChI is InChI=1S/C11H15N3O2/c1-7-6-8(9(15)16)13-10(12-7)14-11(2)4-3-5-11/h6H,3-5H2,1-2H3,(H,15,16)(H,12,13,14). The Morgan fingerprint density at radius 3 is 2.69 bits per heavy atom. The van der Waals surface area contributed by atoms with Crippen LogP contribution in [0.25, 0.3) is 0 Å². The van der Waals surface area contributed by atoms with Gasteiger partial charge in [0.2, 0.25) is 5.95 Å². The fraction of sp³-hybridized carbons (Fsp3) is 0.545. The maximum Gasteiger partial charge on any atom is 0.354 e. The fourth-order valence-corrected chi connectivity index (χ4v) is 1.84. The predicted molar refractivity (Wildman–Crippen MR) is 59.6 cm³/mol. The minimum absolute atomic E-state index is 0.0313. The van der Waals surface area contributed by atoms with Crippen molar-refractivity contribution in [1.82, 2.24) is 9.97 Å². The Morgan fingerprint density at radius 1 is 1.50 bits per heavy atom. The van der Waals surface area contributed by atoms with Crippen LogP contribution in [0.1, 0.15) is 42.4 Å². The minimum Gasteiger partial charge on any atom is -0.477 e. The predicted octanol–water partition coefficient (Wildman–Crippen LogP) is 1.84. The van der Waals surface area contributed by atoms with Crippen molar-refractivity contribution in [3.8, 4) is 0 Å². The molecule has 0 aromatic carbocycles. The van der Waals surface area contributed by atoms with Crippen molar-refractivity contribution in [2.45, 2.75) is 38.6 Å². The van der Waals surface area contributed by atoms with Gasteiger partial charge in [0.25, 0.3) is 0 Å². The van der Waals surface area contributed by atoms with Gasteiger partial charge >= 0.3 is 5.97 Å². The summed E-state index contributed by atoms with van der Waals surface area (Å²) in [4.78, 5) is 19.0. The van der Waals surface area contributed by atoms with Gasteiger partial charge in [0.1, 0.15) is 0 Å². The molecule has 1 aromatic rings. The monoisotopic (exact) mass is 221 g/mol. The number of rotatable bonds is 3. The van der Waals surface area contributed by atoms with E-state index in [1.807, 2.05) is 0 Å². The Labute approximate surface area is 93.9 Å². The average molecular weight is 221 g/mol. The molecule has 0 aliphatic heterocycles. The van der Waals surface area contributed by atoms with E-state index < -0.39 is 5.97 Å². The third-order valence-corrected chi connectivity index (χ3v) is 2.94. The number of nitrogens with one attached hydrogen (secondary N) is 1. The first-order chi connectivity index (χ1) is 7.48. The van der Waals surface area contributed by atoms with Crippen LogP contribution in [0.2, 0.25) is 0 Å². The van der Waals surface area contributed by atoms with Gasteiger partial charge in [-0.2, -0.15) is 0 Å². The molecule has 0 saturated heterocycles. The van der Waals surface area contributed by atoms with E-state index in [1.165, 1.54) is 12.5 Å². The highest BCUT2D eigenvalue weighted by Crippen LogP contribution is 2.33. The Kier molecular flexibility index (Phi) is 2.53. The van der Waals surface area contributed by atoms with Crippen LogP contribution in [0.5, 0.6) is 0 Å². The molecule has 1 aromatic heterocycles. The summed E-state index contributed by atoms with van der Waals surface area (Å²) in [5.74, 6) is -0.605. The number of carboxylic acids is 1. The highest BCUT2D eigenvalue weighted by Gasteiger charge is 2.32. The second-order valence-corrected chi connectivity index (χ2v) is 4.56. The number of nitrogens with zero attached hydrogens (tertiary/aromatic N) is 2. The summed E-state index contributed by atoms with van der Waals surface area (Å²) in [5, 5.41) is 12.1. The number of hydrogen-bond donors (Lipinski definition) is 2. The molecule has 86 valence electrons. The smallest absolute Gasteiger partial charge is 0.354 e. The zero-order valence-corrected chi connectivity index (χ0v) is 9.45. The number of aromatic carboxylic acids is 1. The topological polar surface area (TPSA) is 75.1 Å². The van der Waals surface area contributed by atoms with E-state index in [1.54, 1.807) is 6.92 Å². The molecule has 0 radical (unpaired) electrons. The van der Waals surface area contributed by atoms with Crippen LogP contribution < -0.4 is 5.32 Å². The molecule has 16 heavy (non-hydrogen) atoms. The molecule has 1 fully saturated rings. The van der Waals surface area contributed by atoms with E-state index in [-0.39, 0.29) is 11.2 Å². The van der Waals surface area contributed by atoms with Crippen molar-refractivity contribution in [3.63, 3.8) is 0 Å². The number of aryl methyl sites for hydroxylation is 1. The lowest BCUT2D eigenvalue weighted by atomic mass is 9.79. The first-order valence-corrected chi connectivity index (χ1v) is 5.36. The van der Waals surface area contributed by atoms with Gasteiger partial charge in [-0.25, -0.2) is 14.8 Å². The summed E-state index contributed by atoms with van der Waals surface area (Å²) in [6, 6.07) is 1.47. The van der Waals surface area contributed by atoms with Crippen LogP contribution in [0.4, 0.5) is 5.95 Å². The second-order valence-electron chi connectivity index (χ2n) is 4.56. The SMILES string of the molecule is Cc1cc(C(=O)O)nc(NC2(C)CCC2)n1. The number of aromatic nitrogens is 2. The van der Waals surface area contributed by atoms with Crippen molar-refractivity contribution in [2.24, 2.45) is 0 Å². The third kappa shape index (κ3) is 2.13. The lowest BCUT2D eigenvalue weighted by Crippen LogP contribution is -2.42. The first-order valence-electron chi connectivity index (χ1n) is 5.36.